The van der Waals surface area contributed by atoms with E-state index in [1.165, 1.54) is 7.11 Å². The summed E-state index contributed by atoms with van der Waals surface area (Å²) in [5.41, 5.74) is 4.00. The van der Waals surface area contributed by atoms with Crippen molar-refractivity contribution in [1.82, 2.24) is 0 Å². The van der Waals surface area contributed by atoms with Gasteiger partial charge in [0.25, 0.3) is 0 Å². The smallest absolute Gasteiger partial charge is 0.337 e. The topological polar surface area (TPSA) is 65.7 Å². The molecule has 0 bridgehead atoms. The van der Waals surface area contributed by atoms with Gasteiger partial charge in [-0.15, -0.1) is 0 Å². The van der Waals surface area contributed by atoms with Gasteiger partial charge in [-0.25, -0.2) is 4.79 Å². The van der Waals surface area contributed by atoms with Crippen LogP contribution in [0.3, 0.4) is 0 Å². The van der Waals surface area contributed by atoms with Crippen LogP contribution in [0.1, 0.15) is 27.0 Å². The summed E-state index contributed by atoms with van der Waals surface area (Å²) in [6.07, 6.45) is 0. The number of rotatable bonds is 5. The molecule has 0 amide bonds. The summed E-state index contributed by atoms with van der Waals surface area (Å²) in [4.78, 5) is 25.1. The van der Waals surface area contributed by atoms with Crippen molar-refractivity contribution in [2.24, 2.45) is 0 Å². The molecule has 6 heteroatoms. The molecule has 0 aliphatic heterocycles. The molecule has 4 aromatic rings. The Morgan fingerprint density at radius 3 is 2.38 bits per heavy atom. The molecule has 162 valence electrons. The minimum absolute atomic E-state index is 0.0888. The van der Waals surface area contributed by atoms with E-state index >= 15 is 0 Å². The third-order valence-electron chi connectivity index (χ3n) is 5.34. The Balaban J connectivity index is 1.80. The summed E-state index contributed by atoms with van der Waals surface area (Å²) < 4.78 is 16.9. The molecule has 4 rings (SSSR count). The minimum Gasteiger partial charge on any atom is -0.481 e. The summed E-state index contributed by atoms with van der Waals surface area (Å²) in [6, 6.07) is 17.6. The average molecular weight is 449 g/mol. The number of fused-ring (bicyclic) bond motifs is 1. The lowest BCUT2D eigenvalue weighted by molar-refractivity contribution is 0.0600. The number of halogens is 1. The van der Waals surface area contributed by atoms with Crippen LogP contribution in [0.15, 0.2) is 69.9 Å². The largest absolute Gasteiger partial charge is 0.481 e. The Morgan fingerprint density at radius 1 is 1.00 bits per heavy atom. The second kappa shape index (κ2) is 8.89. The first-order valence-electron chi connectivity index (χ1n) is 10.0. The molecule has 0 atom stereocenters. The Labute approximate surface area is 190 Å². The number of methoxy groups -OCH3 is 1. The number of carbonyl (C=O) groups excluding carboxylic acids is 1. The maximum Gasteiger partial charge on any atom is 0.337 e. The molecule has 0 fully saturated rings. The van der Waals surface area contributed by atoms with Gasteiger partial charge in [0.2, 0.25) is 11.2 Å². The van der Waals surface area contributed by atoms with Crippen molar-refractivity contribution in [2.75, 3.05) is 7.11 Å². The first-order valence-corrected chi connectivity index (χ1v) is 10.4. The molecule has 1 heterocycles. The second-order valence-corrected chi connectivity index (χ2v) is 7.89. The van der Waals surface area contributed by atoms with E-state index in [0.717, 1.165) is 16.7 Å². The van der Waals surface area contributed by atoms with E-state index < -0.39 is 5.97 Å². The fraction of sp³-hybridized carbons (Fsp3) is 0.154. The first kappa shape index (κ1) is 21.7. The molecular formula is C26H21ClO5. The molecular weight excluding hydrogens is 428 g/mol. The van der Waals surface area contributed by atoms with Gasteiger partial charge in [-0.2, -0.15) is 0 Å². The molecule has 32 heavy (non-hydrogen) atoms. The zero-order chi connectivity index (χ0) is 22.8. The van der Waals surface area contributed by atoms with E-state index in [0.29, 0.717) is 27.1 Å². The normalized spacial score (nSPS) is 10.9. The molecule has 5 nitrogen and oxygen atoms in total. The number of carbonyl (C=O) groups is 1. The third-order valence-corrected chi connectivity index (χ3v) is 5.67. The summed E-state index contributed by atoms with van der Waals surface area (Å²) in [6.45, 7) is 4.02. The fourth-order valence-electron chi connectivity index (χ4n) is 3.40. The lowest BCUT2D eigenvalue weighted by Crippen LogP contribution is -2.11. The lowest BCUT2D eigenvalue weighted by Gasteiger charge is -2.14. The van der Waals surface area contributed by atoms with Crippen LogP contribution in [0.5, 0.6) is 5.75 Å². The number of ether oxygens (including phenoxy) is 2. The molecule has 0 aliphatic carbocycles. The molecule has 0 N–H and O–H groups in total. The SMILES string of the molecule is COC(=O)c1ccc(COc2c(-c3ccccc3Cl)oc3cc(C)c(C)cc3c2=O)cc1. The molecule has 0 spiro atoms. The van der Waals surface area contributed by atoms with Gasteiger partial charge in [0.15, 0.2) is 5.76 Å². The van der Waals surface area contributed by atoms with Crippen LogP contribution in [0.2, 0.25) is 5.02 Å². The van der Waals surface area contributed by atoms with Crippen LogP contribution >= 0.6 is 11.6 Å². The molecule has 0 unspecified atom stereocenters. The zero-order valence-electron chi connectivity index (χ0n) is 17.9. The molecule has 3 aromatic carbocycles. The van der Waals surface area contributed by atoms with E-state index in [-0.39, 0.29) is 23.5 Å². The van der Waals surface area contributed by atoms with Crippen LogP contribution in [0, 0.1) is 13.8 Å². The minimum atomic E-state index is -0.417. The van der Waals surface area contributed by atoms with Gasteiger partial charge in [0.05, 0.1) is 23.1 Å². The third kappa shape index (κ3) is 4.12. The highest BCUT2D eigenvalue weighted by molar-refractivity contribution is 6.33. The molecule has 1 aromatic heterocycles. The van der Waals surface area contributed by atoms with Crippen molar-refractivity contribution in [3.63, 3.8) is 0 Å². The van der Waals surface area contributed by atoms with Gasteiger partial charge in [0, 0.05) is 5.56 Å². The number of aryl methyl sites for hydroxylation is 2. The number of hydrogen-bond donors (Lipinski definition) is 0. The second-order valence-electron chi connectivity index (χ2n) is 7.48. The summed E-state index contributed by atoms with van der Waals surface area (Å²) in [5.74, 6) is -0.0484. The van der Waals surface area contributed by atoms with Crippen molar-refractivity contribution in [3.05, 3.63) is 98.2 Å². The lowest BCUT2D eigenvalue weighted by atomic mass is 10.0. The number of esters is 1. The molecule has 0 radical (unpaired) electrons. The highest BCUT2D eigenvalue weighted by Gasteiger charge is 2.20. The highest BCUT2D eigenvalue weighted by atomic mass is 35.5. The first-order chi connectivity index (χ1) is 15.4. The maximum atomic E-state index is 13.4. The summed E-state index contributed by atoms with van der Waals surface area (Å²) in [7, 11) is 1.33. The van der Waals surface area contributed by atoms with Crippen LogP contribution in [0.25, 0.3) is 22.3 Å². The Morgan fingerprint density at radius 2 is 1.69 bits per heavy atom. The van der Waals surface area contributed by atoms with Crippen LogP contribution in [-0.4, -0.2) is 13.1 Å². The van der Waals surface area contributed by atoms with E-state index in [1.54, 1.807) is 36.4 Å². The van der Waals surface area contributed by atoms with Crippen molar-refractivity contribution in [2.45, 2.75) is 20.5 Å². The Hall–Kier alpha value is -3.57. The highest BCUT2D eigenvalue weighted by Crippen LogP contribution is 2.36. The Kier molecular flexibility index (Phi) is 6.01. The predicted octanol–water partition coefficient (Wildman–Crippen LogP) is 6.10. The quantitative estimate of drug-likeness (QED) is 0.345. The van der Waals surface area contributed by atoms with Crippen LogP contribution < -0.4 is 10.2 Å². The van der Waals surface area contributed by atoms with Gasteiger partial charge in [0.1, 0.15) is 12.2 Å². The van der Waals surface area contributed by atoms with Crippen molar-refractivity contribution >= 4 is 28.5 Å². The number of hydrogen-bond acceptors (Lipinski definition) is 5. The Bertz CT molecular complexity index is 1370. The van der Waals surface area contributed by atoms with E-state index in [2.05, 4.69) is 0 Å². The van der Waals surface area contributed by atoms with Crippen LogP contribution in [-0.2, 0) is 11.3 Å². The van der Waals surface area contributed by atoms with Gasteiger partial charge in [-0.05, 0) is 66.9 Å². The summed E-state index contributed by atoms with van der Waals surface area (Å²) >= 11 is 6.41. The van der Waals surface area contributed by atoms with E-state index in [9.17, 15) is 9.59 Å². The van der Waals surface area contributed by atoms with Crippen molar-refractivity contribution in [1.29, 1.82) is 0 Å². The number of benzene rings is 3. The fourth-order valence-corrected chi connectivity index (χ4v) is 3.62. The summed E-state index contributed by atoms with van der Waals surface area (Å²) in [5, 5.41) is 0.894. The van der Waals surface area contributed by atoms with Gasteiger partial charge < -0.3 is 13.9 Å². The molecule has 0 saturated carbocycles. The van der Waals surface area contributed by atoms with Gasteiger partial charge in [-0.3, -0.25) is 4.79 Å². The van der Waals surface area contributed by atoms with Gasteiger partial charge >= 0.3 is 5.97 Å². The maximum absolute atomic E-state index is 13.4. The van der Waals surface area contributed by atoms with E-state index in [1.807, 2.05) is 38.1 Å². The zero-order valence-corrected chi connectivity index (χ0v) is 18.7. The molecule has 0 saturated heterocycles. The van der Waals surface area contributed by atoms with Crippen LogP contribution in [0.4, 0.5) is 0 Å². The monoisotopic (exact) mass is 448 g/mol. The van der Waals surface area contributed by atoms with E-state index in [4.69, 9.17) is 25.5 Å². The standard InChI is InChI=1S/C26H21ClO5/c1-15-12-20-22(13-16(15)2)32-24(19-6-4-5-7-21(19)27)25(23(20)28)31-14-17-8-10-18(11-9-17)26(29)30-3/h4-13H,14H2,1-3H3. The van der Waals surface area contributed by atoms with Crippen molar-refractivity contribution < 1.29 is 18.7 Å². The average Bonchev–Trinajstić information content (AvgIpc) is 2.80. The van der Waals surface area contributed by atoms with Crippen molar-refractivity contribution in [3.8, 4) is 17.1 Å². The predicted molar refractivity (Wildman–Crippen MR) is 125 cm³/mol. The van der Waals surface area contributed by atoms with Gasteiger partial charge in [-0.1, -0.05) is 35.9 Å². The molecule has 0 aliphatic rings.